The third-order valence-electron chi connectivity index (χ3n) is 5.22. The van der Waals surface area contributed by atoms with Gasteiger partial charge in [0.15, 0.2) is 0 Å². The average molecular weight is 527 g/mol. The van der Waals surface area contributed by atoms with Gasteiger partial charge in [-0.05, 0) is 32.2 Å². The maximum Gasteiger partial charge on any atom is 0.326 e. The summed E-state index contributed by atoms with van der Waals surface area (Å²) in [5.74, 6) is -6.05. The Morgan fingerprint density at radius 2 is 1.54 bits per heavy atom. The number of primary amides is 1. The number of carbonyl (C=O) groups is 6. The third-order valence-corrected chi connectivity index (χ3v) is 5.22. The monoisotopic (exact) mass is 526 g/mol. The Balaban J connectivity index is 3.06. The SMILES string of the molecule is NCCCCC(NC(=O)C(Cc1cnc[nH]1)NC(=O)C(CCC(N)=O)NC(=O)C(N)CC(=O)O)C(=O)O. The number of unbranched alkanes of at least 4 members (excludes halogenated alkanes) is 1. The van der Waals surface area contributed by atoms with E-state index >= 15 is 0 Å². The molecule has 0 saturated carbocycles. The van der Waals surface area contributed by atoms with Gasteiger partial charge in [-0.2, -0.15) is 0 Å². The number of aliphatic carboxylic acids is 2. The highest BCUT2D eigenvalue weighted by Gasteiger charge is 2.31. The Labute approximate surface area is 212 Å². The number of nitrogens with two attached hydrogens (primary N) is 3. The first-order valence-corrected chi connectivity index (χ1v) is 11.5. The van der Waals surface area contributed by atoms with Gasteiger partial charge in [-0.25, -0.2) is 9.78 Å². The van der Waals surface area contributed by atoms with Crippen molar-refractivity contribution < 1.29 is 39.0 Å². The number of hydrogen-bond acceptors (Lipinski definition) is 9. The molecule has 4 atom stereocenters. The Morgan fingerprint density at radius 1 is 0.919 bits per heavy atom. The van der Waals surface area contributed by atoms with Crippen molar-refractivity contribution in [3.05, 3.63) is 18.2 Å². The summed E-state index contributed by atoms with van der Waals surface area (Å²) < 4.78 is 0. The van der Waals surface area contributed by atoms with Crippen LogP contribution >= 0.6 is 0 Å². The highest BCUT2D eigenvalue weighted by molar-refractivity contribution is 5.95. The van der Waals surface area contributed by atoms with Gasteiger partial charge in [-0.1, -0.05) is 0 Å². The summed E-state index contributed by atoms with van der Waals surface area (Å²) in [6.45, 7) is 0.354. The number of nitrogens with zero attached hydrogens (tertiary/aromatic N) is 1. The van der Waals surface area contributed by atoms with Crippen molar-refractivity contribution in [1.29, 1.82) is 0 Å². The number of carboxylic acids is 2. The summed E-state index contributed by atoms with van der Waals surface area (Å²) in [6, 6.07) is -5.41. The number of aromatic nitrogens is 2. The van der Waals surface area contributed by atoms with Crippen molar-refractivity contribution in [2.45, 2.75) is 69.1 Å². The quantitative estimate of drug-likeness (QED) is 0.0853. The number of carboxylic acid groups (broad SMARTS) is 2. The molecule has 12 N–H and O–H groups in total. The van der Waals surface area contributed by atoms with E-state index in [2.05, 4.69) is 25.9 Å². The molecular formula is C21H34N8O8. The van der Waals surface area contributed by atoms with Gasteiger partial charge in [0.1, 0.15) is 18.1 Å². The van der Waals surface area contributed by atoms with Crippen LogP contribution in [0.2, 0.25) is 0 Å². The fourth-order valence-electron chi connectivity index (χ4n) is 3.24. The van der Waals surface area contributed by atoms with E-state index in [9.17, 15) is 33.9 Å². The number of rotatable bonds is 18. The molecular weight excluding hydrogens is 492 g/mol. The van der Waals surface area contributed by atoms with Crippen LogP contribution in [0.1, 0.15) is 44.2 Å². The van der Waals surface area contributed by atoms with E-state index in [0.717, 1.165) is 0 Å². The lowest BCUT2D eigenvalue weighted by Gasteiger charge is -2.25. The molecule has 0 aromatic carbocycles. The van der Waals surface area contributed by atoms with Gasteiger partial charge < -0.3 is 48.3 Å². The van der Waals surface area contributed by atoms with Crippen LogP contribution in [-0.2, 0) is 35.2 Å². The normalized spacial score (nSPS) is 14.0. The number of hydrogen-bond donors (Lipinski definition) is 9. The lowest BCUT2D eigenvalue weighted by Crippen LogP contribution is -2.57. The van der Waals surface area contributed by atoms with E-state index in [1.165, 1.54) is 12.5 Å². The second-order valence-corrected chi connectivity index (χ2v) is 8.30. The summed E-state index contributed by atoms with van der Waals surface area (Å²) in [7, 11) is 0. The van der Waals surface area contributed by atoms with Crippen LogP contribution in [0.4, 0.5) is 0 Å². The number of amides is 4. The largest absolute Gasteiger partial charge is 0.481 e. The molecule has 1 heterocycles. The lowest BCUT2D eigenvalue weighted by molar-refractivity contribution is -0.142. The highest BCUT2D eigenvalue weighted by atomic mass is 16.4. The van der Waals surface area contributed by atoms with E-state index in [0.29, 0.717) is 25.1 Å². The zero-order chi connectivity index (χ0) is 28.0. The van der Waals surface area contributed by atoms with Crippen molar-refractivity contribution in [3.63, 3.8) is 0 Å². The van der Waals surface area contributed by atoms with Crippen molar-refractivity contribution in [2.24, 2.45) is 17.2 Å². The van der Waals surface area contributed by atoms with Gasteiger partial charge in [0.05, 0.1) is 18.8 Å². The van der Waals surface area contributed by atoms with Crippen LogP contribution in [0.3, 0.4) is 0 Å². The predicted octanol–water partition coefficient (Wildman–Crippen LogP) is -3.31. The maximum absolute atomic E-state index is 13.0. The fraction of sp³-hybridized carbons (Fsp3) is 0.571. The molecule has 16 nitrogen and oxygen atoms in total. The molecule has 0 aliphatic heterocycles. The van der Waals surface area contributed by atoms with Crippen molar-refractivity contribution in [2.75, 3.05) is 6.54 Å². The Morgan fingerprint density at radius 3 is 2.08 bits per heavy atom. The molecule has 4 amide bonds. The highest BCUT2D eigenvalue weighted by Crippen LogP contribution is 2.06. The smallest absolute Gasteiger partial charge is 0.326 e. The van der Waals surface area contributed by atoms with Crippen LogP contribution in [0.25, 0.3) is 0 Å². The van der Waals surface area contributed by atoms with Crippen molar-refractivity contribution in [1.82, 2.24) is 25.9 Å². The summed E-state index contributed by atoms with van der Waals surface area (Å²) in [5, 5.41) is 25.4. The second kappa shape index (κ2) is 15.8. The molecule has 0 aliphatic carbocycles. The summed E-state index contributed by atoms with van der Waals surface area (Å²) >= 11 is 0. The topological polar surface area (TPSA) is 286 Å². The number of nitrogens with one attached hydrogen (secondary N) is 4. The minimum atomic E-state index is -1.48. The number of imidazole rings is 1. The van der Waals surface area contributed by atoms with Gasteiger partial charge in [0.2, 0.25) is 23.6 Å². The molecule has 0 fully saturated rings. The zero-order valence-electron chi connectivity index (χ0n) is 20.1. The number of carbonyl (C=O) groups excluding carboxylic acids is 4. The van der Waals surface area contributed by atoms with Crippen LogP contribution in [0.15, 0.2) is 12.5 Å². The average Bonchev–Trinajstić information content (AvgIpc) is 3.32. The van der Waals surface area contributed by atoms with Gasteiger partial charge in [-0.15, -0.1) is 0 Å². The first-order chi connectivity index (χ1) is 17.4. The molecule has 0 aliphatic rings. The van der Waals surface area contributed by atoms with Crippen LogP contribution in [0, 0.1) is 0 Å². The maximum atomic E-state index is 13.0. The molecule has 0 saturated heterocycles. The Bertz CT molecular complexity index is 939. The molecule has 37 heavy (non-hydrogen) atoms. The summed E-state index contributed by atoms with van der Waals surface area (Å²) in [6.07, 6.45) is 2.47. The molecule has 1 rings (SSSR count). The summed E-state index contributed by atoms with van der Waals surface area (Å²) in [5.41, 5.74) is 16.6. The molecule has 206 valence electrons. The molecule has 0 bridgehead atoms. The van der Waals surface area contributed by atoms with E-state index in [4.69, 9.17) is 22.3 Å². The van der Waals surface area contributed by atoms with Gasteiger partial charge in [-0.3, -0.25) is 24.0 Å². The molecule has 16 heteroatoms. The second-order valence-electron chi connectivity index (χ2n) is 8.30. The van der Waals surface area contributed by atoms with Crippen molar-refractivity contribution >= 4 is 35.6 Å². The minimum Gasteiger partial charge on any atom is -0.481 e. The Hall–Kier alpha value is -4.05. The van der Waals surface area contributed by atoms with Gasteiger partial charge in [0, 0.05) is 24.7 Å². The molecule has 0 radical (unpaired) electrons. The van der Waals surface area contributed by atoms with Gasteiger partial charge >= 0.3 is 11.9 Å². The number of H-pyrrole nitrogens is 1. The molecule has 1 aromatic heterocycles. The standard InChI is InChI=1S/C21H34N8O8/c22-6-2-1-3-14(21(36)37)28-20(35)15(7-11-9-25-10-26-11)29-19(34)13(4-5-16(24)30)27-18(33)12(23)8-17(31)32/h9-10,12-15H,1-8,22-23H2,(H2,24,30)(H,25,26)(H,27,33)(H,28,35)(H,29,34)(H,31,32)(H,36,37). The van der Waals surface area contributed by atoms with Crippen LogP contribution in [0.5, 0.6) is 0 Å². The number of aromatic amines is 1. The van der Waals surface area contributed by atoms with E-state index < -0.39 is 66.2 Å². The Kier molecular flexibility index (Phi) is 13.3. The van der Waals surface area contributed by atoms with E-state index in [-0.39, 0.29) is 25.7 Å². The third kappa shape index (κ3) is 12.0. The first-order valence-electron chi connectivity index (χ1n) is 11.5. The fourth-order valence-corrected chi connectivity index (χ4v) is 3.24. The molecule has 1 aromatic rings. The first kappa shape index (κ1) is 31.0. The lowest BCUT2D eigenvalue weighted by atomic mass is 10.1. The van der Waals surface area contributed by atoms with Crippen LogP contribution < -0.4 is 33.2 Å². The molecule has 0 spiro atoms. The van der Waals surface area contributed by atoms with Gasteiger partial charge in [0.25, 0.3) is 0 Å². The zero-order valence-corrected chi connectivity index (χ0v) is 20.1. The summed E-state index contributed by atoms with van der Waals surface area (Å²) in [4.78, 5) is 78.7. The molecule has 4 unspecified atom stereocenters. The van der Waals surface area contributed by atoms with Crippen molar-refractivity contribution in [3.8, 4) is 0 Å². The predicted molar refractivity (Wildman–Crippen MR) is 127 cm³/mol. The minimum absolute atomic E-state index is 0.109. The van der Waals surface area contributed by atoms with E-state index in [1.807, 2.05) is 0 Å². The van der Waals surface area contributed by atoms with E-state index in [1.54, 1.807) is 0 Å². The van der Waals surface area contributed by atoms with Crippen LogP contribution in [-0.4, -0.2) is 86.5 Å².